The molecule has 0 aliphatic heterocycles. The van der Waals surface area contributed by atoms with Gasteiger partial charge in [0.05, 0.1) is 0 Å². The lowest BCUT2D eigenvalue weighted by atomic mass is 10.3. The molecule has 1 aromatic rings. The van der Waals surface area contributed by atoms with E-state index in [-0.39, 0.29) is 5.91 Å². The third-order valence-corrected chi connectivity index (χ3v) is 3.15. The van der Waals surface area contributed by atoms with Gasteiger partial charge in [-0.15, -0.1) is 0 Å². The lowest BCUT2D eigenvalue weighted by Gasteiger charge is -2.19. The molecule has 16 heavy (non-hydrogen) atoms. The van der Waals surface area contributed by atoms with Gasteiger partial charge in [-0.05, 0) is 25.0 Å². The highest BCUT2D eigenvalue weighted by Crippen LogP contribution is 2.28. The summed E-state index contributed by atoms with van der Waals surface area (Å²) < 4.78 is 5.49. The third-order valence-electron chi connectivity index (χ3n) is 2.79. The van der Waals surface area contributed by atoms with Gasteiger partial charge in [0.1, 0.15) is 5.76 Å². The highest BCUT2D eigenvalue weighted by Gasteiger charge is 2.33. The lowest BCUT2D eigenvalue weighted by molar-refractivity contribution is 0.0720. The summed E-state index contributed by atoms with van der Waals surface area (Å²) in [5, 5.41) is 0.816. The van der Waals surface area contributed by atoms with Gasteiger partial charge in [-0.25, -0.2) is 0 Å². The van der Waals surface area contributed by atoms with Crippen molar-refractivity contribution in [3.8, 4) is 0 Å². The van der Waals surface area contributed by atoms with Crippen molar-refractivity contribution in [1.29, 1.82) is 0 Å². The molecule has 1 heterocycles. The van der Waals surface area contributed by atoms with Gasteiger partial charge in [-0.2, -0.15) is 0 Å². The number of carbonyl (C=O) groups is 1. The van der Waals surface area contributed by atoms with E-state index in [9.17, 15) is 4.79 Å². The zero-order valence-electron chi connectivity index (χ0n) is 9.41. The Kier molecular flexibility index (Phi) is 3.69. The van der Waals surface area contributed by atoms with Crippen LogP contribution in [0.15, 0.2) is 16.5 Å². The van der Waals surface area contributed by atoms with Gasteiger partial charge >= 0.3 is 0 Å². The Hall–Kier alpha value is -0.770. The zero-order chi connectivity index (χ0) is 11.5. The molecule has 0 N–H and O–H groups in total. The Labute approximate surface area is 104 Å². The zero-order valence-corrected chi connectivity index (χ0v) is 11.0. The van der Waals surface area contributed by atoms with E-state index >= 15 is 0 Å². The molecule has 0 radical (unpaired) electrons. The van der Waals surface area contributed by atoms with Gasteiger partial charge in [0.25, 0.3) is 5.91 Å². The summed E-state index contributed by atoms with van der Waals surface area (Å²) in [4.78, 5) is 14.1. The number of hydrogen-bond acceptors (Lipinski definition) is 2. The van der Waals surface area contributed by atoms with Gasteiger partial charge in [0.15, 0.2) is 5.76 Å². The predicted octanol–water partition coefficient (Wildman–Crippen LogP) is 2.84. The van der Waals surface area contributed by atoms with Crippen LogP contribution in [-0.2, 0) is 6.42 Å². The van der Waals surface area contributed by atoms with Crippen LogP contribution in [0.4, 0.5) is 0 Å². The van der Waals surface area contributed by atoms with Crippen LogP contribution in [0.2, 0.25) is 0 Å². The minimum absolute atomic E-state index is 0.0293. The van der Waals surface area contributed by atoms with E-state index in [0.717, 1.165) is 36.9 Å². The Morgan fingerprint density at radius 1 is 1.56 bits per heavy atom. The van der Waals surface area contributed by atoms with Crippen molar-refractivity contribution in [1.82, 2.24) is 4.90 Å². The molecule has 1 fully saturated rings. The van der Waals surface area contributed by atoms with Crippen LogP contribution >= 0.6 is 15.9 Å². The van der Waals surface area contributed by atoms with Crippen LogP contribution in [0.1, 0.15) is 36.1 Å². The number of amides is 1. The summed E-state index contributed by atoms with van der Waals surface area (Å²) in [6.45, 7) is 2.77. The first-order valence-electron chi connectivity index (χ1n) is 5.72. The summed E-state index contributed by atoms with van der Waals surface area (Å²) in [5.74, 6) is 1.38. The molecular formula is C12H16BrNO2. The highest BCUT2D eigenvalue weighted by molar-refractivity contribution is 9.09. The minimum atomic E-state index is 0.0293. The van der Waals surface area contributed by atoms with Gasteiger partial charge < -0.3 is 9.32 Å². The van der Waals surface area contributed by atoms with E-state index in [1.54, 1.807) is 6.07 Å². The monoisotopic (exact) mass is 285 g/mol. The van der Waals surface area contributed by atoms with Gasteiger partial charge in [-0.1, -0.05) is 22.9 Å². The molecule has 4 heteroatoms. The number of furan rings is 1. The third kappa shape index (κ3) is 2.48. The number of nitrogens with zero attached hydrogens (tertiary/aromatic N) is 1. The minimum Gasteiger partial charge on any atom is -0.456 e. The Morgan fingerprint density at radius 3 is 2.81 bits per heavy atom. The standard InChI is InChI=1S/C12H16BrNO2/c1-2-10-5-6-11(16-10)12(15)14(8-7-13)9-3-4-9/h5-6,9H,2-4,7-8H2,1H3. The topological polar surface area (TPSA) is 33.5 Å². The molecule has 0 bridgehead atoms. The SMILES string of the molecule is CCc1ccc(C(=O)N(CCBr)C2CC2)o1. The van der Waals surface area contributed by atoms with E-state index < -0.39 is 0 Å². The van der Waals surface area contributed by atoms with Crippen LogP contribution < -0.4 is 0 Å². The smallest absolute Gasteiger partial charge is 0.289 e. The summed E-state index contributed by atoms with van der Waals surface area (Å²) >= 11 is 3.38. The van der Waals surface area contributed by atoms with Crippen LogP contribution in [0.5, 0.6) is 0 Å². The van der Waals surface area contributed by atoms with Crippen LogP contribution in [0.3, 0.4) is 0 Å². The number of aryl methyl sites for hydroxylation is 1. The first-order valence-corrected chi connectivity index (χ1v) is 6.84. The Balaban J connectivity index is 2.09. The molecule has 3 nitrogen and oxygen atoms in total. The maximum absolute atomic E-state index is 12.2. The largest absolute Gasteiger partial charge is 0.456 e. The second-order valence-corrected chi connectivity index (χ2v) is 4.83. The molecule has 0 spiro atoms. The fourth-order valence-electron chi connectivity index (χ4n) is 1.75. The van der Waals surface area contributed by atoms with Crippen molar-refractivity contribution in [2.24, 2.45) is 0 Å². The number of hydrogen-bond donors (Lipinski definition) is 0. The van der Waals surface area contributed by atoms with Crippen LogP contribution in [0.25, 0.3) is 0 Å². The van der Waals surface area contributed by atoms with Gasteiger partial charge in [0, 0.05) is 24.3 Å². The second-order valence-electron chi connectivity index (χ2n) is 4.04. The van der Waals surface area contributed by atoms with Crippen molar-refractivity contribution in [2.45, 2.75) is 32.2 Å². The van der Waals surface area contributed by atoms with Crippen molar-refractivity contribution >= 4 is 21.8 Å². The average molecular weight is 286 g/mol. The van der Waals surface area contributed by atoms with Crippen molar-refractivity contribution < 1.29 is 9.21 Å². The van der Waals surface area contributed by atoms with E-state index in [1.807, 2.05) is 17.9 Å². The summed E-state index contributed by atoms with van der Waals surface area (Å²) in [6.07, 6.45) is 3.08. The first kappa shape index (κ1) is 11.7. The number of rotatable bonds is 5. The summed E-state index contributed by atoms with van der Waals surface area (Å²) in [5.41, 5.74) is 0. The normalized spacial score (nSPS) is 15.1. The molecule has 88 valence electrons. The number of carbonyl (C=O) groups excluding carboxylic acids is 1. The number of halogens is 1. The second kappa shape index (κ2) is 5.04. The fourth-order valence-corrected chi connectivity index (χ4v) is 2.13. The predicted molar refractivity (Wildman–Crippen MR) is 65.9 cm³/mol. The number of alkyl halides is 1. The van der Waals surface area contributed by atoms with Crippen molar-refractivity contribution in [2.75, 3.05) is 11.9 Å². The van der Waals surface area contributed by atoms with E-state index in [4.69, 9.17) is 4.42 Å². The summed E-state index contributed by atoms with van der Waals surface area (Å²) in [7, 11) is 0. The Morgan fingerprint density at radius 2 is 2.31 bits per heavy atom. The molecule has 1 saturated carbocycles. The molecule has 2 rings (SSSR count). The molecule has 1 aliphatic rings. The van der Waals surface area contributed by atoms with E-state index in [1.165, 1.54) is 0 Å². The average Bonchev–Trinajstić information content (AvgIpc) is 3.02. The molecule has 0 aromatic carbocycles. The van der Waals surface area contributed by atoms with Crippen LogP contribution in [0, 0.1) is 0 Å². The maximum Gasteiger partial charge on any atom is 0.289 e. The Bertz CT molecular complexity index is 371. The fraction of sp³-hybridized carbons (Fsp3) is 0.583. The van der Waals surface area contributed by atoms with Gasteiger partial charge in [-0.3, -0.25) is 4.79 Å². The van der Waals surface area contributed by atoms with Crippen molar-refractivity contribution in [3.63, 3.8) is 0 Å². The quantitative estimate of drug-likeness (QED) is 0.780. The van der Waals surface area contributed by atoms with Crippen molar-refractivity contribution in [3.05, 3.63) is 23.7 Å². The molecule has 1 amide bonds. The van der Waals surface area contributed by atoms with Gasteiger partial charge in [0.2, 0.25) is 0 Å². The summed E-state index contributed by atoms with van der Waals surface area (Å²) in [6, 6.07) is 4.09. The molecular weight excluding hydrogens is 270 g/mol. The molecule has 0 saturated heterocycles. The maximum atomic E-state index is 12.2. The molecule has 1 aromatic heterocycles. The molecule has 1 aliphatic carbocycles. The lowest BCUT2D eigenvalue weighted by Crippen LogP contribution is -2.34. The molecule has 0 atom stereocenters. The van der Waals surface area contributed by atoms with Crippen LogP contribution in [-0.4, -0.2) is 28.7 Å². The van der Waals surface area contributed by atoms with E-state index in [0.29, 0.717) is 11.8 Å². The highest BCUT2D eigenvalue weighted by atomic mass is 79.9. The molecule has 0 unspecified atom stereocenters. The first-order chi connectivity index (χ1) is 7.76. The van der Waals surface area contributed by atoms with E-state index in [2.05, 4.69) is 15.9 Å².